The van der Waals surface area contributed by atoms with Crippen molar-refractivity contribution in [2.45, 2.75) is 33.2 Å². The van der Waals surface area contributed by atoms with Crippen LogP contribution in [0.2, 0.25) is 0 Å². The van der Waals surface area contributed by atoms with Crippen molar-refractivity contribution < 1.29 is 4.79 Å². The van der Waals surface area contributed by atoms with Crippen molar-refractivity contribution in [1.82, 2.24) is 15.2 Å². The Morgan fingerprint density at radius 2 is 1.82 bits per heavy atom. The third-order valence-corrected chi connectivity index (χ3v) is 4.24. The van der Waals surface area contributed by atoms with Gasteiger partial charge in [-0.15, -0.1) is 24.0 Å². The van der Waals surface area contributed by atoms with Crippen molar-refractivity contribution >= 4 is 41.7 Å². The molecular formula is C21H30IN5O. The molecule has 1 amide bonds. The van der Waals surface area contributed by atoms with Crippen LogP contribution in [0.3, 0.4) is 0 Å². The zero-order chi connectivity index (χ0) is 19.6. The van der Waals surface area contributed by atoms with Gasteiger partial charge >= 0.3 is 0 Å². The number of amides is 1. The van der Waals surface area contributed by atoms with Crippen LogP contribution in [0.5, 0.6) is 0 Å². The zero-order valence-electron chi connectivity index (χ0n) is 17.0. The van der Waals surface area contributed by atoms with Gasteiger partial charge in [0.15, 0.2) is 5.96 Å². The van der Waals surface area contributed by atoms with Crippen LogP contribution in [-0.4, -0.2) is 42.4 Å². The molecule has 1 aromatic heterocycles. The average Bonchev–Trinajstić information content (AvgIpc) is 2.67. The summed E-state index contributed by atoms with van der Waals surface area (Å²) in [6, 6.07) is 12.3. The Morgan fingerprint density at radius 3 is 2.39 bits per heavy atom. The van der Waals surface area contributed by atoms with Crippen LogP contribution in [-0.2, 0) is 17.8 Å². The summed E-state index contributed by atoms with van der Waals surface area (Å²) in [5.41, 5.74) is 3.62. The minimum atomic E-state index is -0.0767. The molecule has 28 heavy (non-hydrogen) atoms. The first-order chi connectivity index (χ1) is 13.0. The number of aromatic nitrogens is 1. The van der Waals surface area contributed by atoms with Crippen molar-refractivity contribution in [2.75, 3.05) is 26.0 Å². The Kier molecular flexibility index (Phi) is 10.5. The third kappa shape index (κ3) is 7.84. The van der Waals surface area contributed by atoms with Gasteiger partial charge in [-0.25, -0.2) is 4.98 Å². The highest BCUT2D eigenvalue weighted by Gasteiger charge is 2.08. The van der Waals surface area contributed by atoms with Crippen molar-refractivity contribution in [3.05, 3.63) is 59.3 Å². The highest BCUT2D eigenvalue weighted by Crippen LogP contribution is 2.08. The molecule has 0 aliphatic rings. The molecular weight excluding hydrogens is 465 g/mol. The summed E-state index contributed by atoms with van der Waals surface area (Å²) < 4.78 is 0. The molecule has 2 N–H and O–H groups in total. The molecule has 6 nitrogen and oxygen atoms in total. The van der Waals surface area contributed by atoms with Crippen molar-refractivity contribution in [3.63, 3.8) is 0 Å². The van der Waals surface area contributed by atoms with Crippen molar-refractivity contribution in [1.29, 1.82) is 0 Å². The molecule has 1 aromatic carbocycles. The number of hydrogen-bond donors (Lipinski definition) is 2. The minimum absolute atomic E-state index is 0. The topological polar surface area (TPSA) is 69.6 Å². The zero-order valence-corrected chi connectivity index (χ0v) is 19.4. The first-order valence-corrected chi connectivity index (χ1v) is 9.24. The van der Waals surface area contributed by atoms with Gasteiger partial charge in [0.1, 0.15) is 5.82 Å². The van der Waals surface area contributed by atoms with E-state index in [1.54, 1.807) is 19.3 Å². The van der Waals surface area contributed by atoms with Gasteiger partial charge in [0.25, 0.3) is 0 Å². The van der Waals surface area contributed by atoms with Crippen LogP contribution in [0, 0.1) is 6.92 Å². The molecule has 0 fully saturated rings. The number of carbonyl (C=O) groups excluding carboxylic acids is 1. The molecule has 2 rings (SSSR count). The van der Waals surface area contributed by atoms with E-state index in [-0.39, 0.29) is 29.9 Å². The fourth-order valence-electron chi connectivity index (χ4n) is 2.65. The largest absolute Gasteiger partial charge is 0.356 e. The van der Waals surface area contributed by atoms with E-state index in [1.807, 2.05) is 24.9 Å². The van der Waals surface area contributed by atoms with E-state index in [1.165, 1.54) is 11.1 Å². The third-order valence-electron chi connectivity index (χ3n) is 4.24. The van der Waals surface area contributed by atoms with Gasteiger partial charge in [0.2, 0.25) is 5.91 Å². The summed E-state index contributed by atoms with van der Waals surface area (Å²) in [5.74, 6) is 1.26. The fourth-order valence-corrected chi connectivity index (χ4v) is 2.65. The Labute approximate surface area is 184 Å². The average molecular weight is 495 g/mol. The second-order valence-electron chi connectivity index (χ2n) is 6.52. The van der Waals surface area contributed by atoms with Gasteiger partial charge in [-0.3, -0.25) is 9.79 Å². The lowest BCUT2D eigenvalue weighted by Crippen LogP contribution is -2.39. The number of carbonyl (C=O) groups is 1. The van der Waals surface area contributed by atoms with Crippen LogP contribution in [0.4, 0.5) is 5.82 Å². The number of aryl methyl sites for hydroxylation is 2. The van der Waals surface area contributed by atoms with Crippen molar-refractivity contribution in [3.8, 4) is 0 Å². The molecule has 0 saturated heterocycles. The number of hydrogen-bond acceptors (Lipinski definition) is 3. The van der Waals surface area contributed by atoms with E-state index in [0.29, 0.717) is 18.8 Å². The van der Waals surface area contributed by atoms with Gasteiger partial charge in [-0.2, -0.15) is 0 Å². The summed E-state index contributed by atoms with van der Waals surface area (Å²) >= 11 is 0. The van der Waals surface area contributed by atoms with Crippen LogP contribution >= 0.6 is 24.0 Å². The monoisotopic (exact) mass is 495 g/mol. The summed E-state index contributed by atoms with van der Waals surface area (Å²) in [7, 11) is 3.73. The van der Waals surface area contributed by atoms with Gasteiger partial charge in [0, 0.05) is 39.8 Å². The summed E-state index contributed by atoms with van der Waals surface area (Å²) in [6.45, 7) is 5.37. The summed E-state index contributed by atoms with van der Waals surface area (Å²) in [6.07, 6.45) is 3.12. The quantitative estimate of drug-likeness (QED) is 0.350. The summed E-state index contributed by atoms with van der Waals surface area (Å²) in [4.78, 5) is 22.6. The number of anilines is 1. The maximum atomic E-state index is 12.0. The van der Waals surface area contributed by atoms with E-state index in [0.717, 1.165) is 24.5 Å². The lowest BCUT2D eigenvalue weighted by Gasteiger charge is -2.22. The molecule has 0 bridgehead atoms. The molecule has 0 atom stereocenters. The number of pyridine rings is 1. The molecule has 0 aliphatic carbocycles. The van der Waals surface area contributed by atoms with Crippen LogP contribution < -0.4 is 10.6 Å². The predicted octanol–water partition coefficient (Wildman–Crippen LogP) is 3.61. The molecule has 0 saturated carbocycles. The van der Waals surface area contributed by atoms with E-state index < -0.39 is 0 Å². The van der Waals surface area contributed by atoms with Gasteiger partial charge in [0.05, 0.1) is 0 Å². The Hall–Kier alpha value is -2.16. The molecule has 0 unspecified atom stereocenters. The minimum Gasteiger partial charge on any atom is -0.356 e. The maximum absolute atomic E-state index is 12.0. The standard InChI is InChI=1S/C21H29N5O.HI/c1-5-17-7-9-18(10-8-17)15-26(4)21(22-3)23-13-12-20(27)25-19-11-6-16(2)14-24-19;/h6-11,14H,5,12-13,15H2,1-4H3,(H,22,23)(H,24,25,27);1H. The SMILES string of the molecule is CCc1ccc(CN(C)C(=NC)NCCC(=O)Nc2ccc(C)cn2)cc1.I. The molecule has 0 spiro atoms. The van der Waals surface area contributed by atoms with Crippen LogP contribution in [0.25, 0.3) is 0 Å². The molecule has 2 aromatic rings. The summed E-state index contributed by atoms with van der Waals surface area (Å²) in [5, 5.41) is 6.03. The number of guanidine groups is 1. The normalized spacial score (nSPS) is 10.8. The van der Waals surface area contributed by atoms with E-state index >= 15 is 0 Å². The number of benzene rings is 1. The van der Waals surface area contributed by atoms with E-state index in [9.17, 15) is 4.79 Å². The lowest BCUT2D eigenvalue weighted by atomic mass is 10.1. The van der Waals surface area contributed by atoms with E-state index in [2.05, 4.69) is 51.8 Å². The Balaban J connectivity index is 0.00000392. The number of rotatable bonds is 7. The number of halogens is 1. The smallest absolute Gasteiger partial charge is 0.227 e. The first-order valence-electron chi connectivity index (χ1n) is 9.24. The molecule has 1 heterocycles. The molecule has 7 heteroatoms. The Bertz CT molecular complexity index is 759. The predicted molar refractivity (Wildman–Crippen MR) is 126 cm³/mol. The maximum Gasteiger partial charge on any atom is 0.227 e. The number of aliphatic imine (C=N–C) groups is 1. The van der Waals surface area contributed by atoms with Crippen LogP contribution in [0.15, 0.2) is 47.6 Å². The molecule has 0 radical (unpaired) electrons. The molecule has 152 valence electrons. The molecule has 0 aliphatic heterocycles. The lowest BCUT2D eigenvalue weighted by molar-refractivity contribution is -0.116. The van der Waals surface area contributed by atoms with Crippen LogP contribution in [0.1, 0.15) is 30.0 Å². The van der Waals surface area contributed by atoms with Crippen molar-refractivity contribution in [2.24, 2.45) is 4.99 Å². The second-order valence-corrected chi connectivity index (χ2v) is 6.52. The highest BCUT2D eigenvalue weighted by atomic mass is 127. The number of nitrogens with one attached hydrogen (secondary N) is 2. The Morgan fingerprint density at radius 1 is 1.14 bits per heavy atom. The first kappa shape index (κ1) is 23.9. The number of nitrogens with zero attached hydrogens (tertiary/aromatic N) is 3. The van der Waals surface area contributed by atoms with Gasteiger partial charge < -0.3 is 15.5 Å². The second kappa shape index (κ2) is 12.3. The highest BCUT2D eigenvalue weighted by molar-refractivity contribution is 14.0. The van der Waals surface area contributed by atoms with Gasteiger partial charge in [-0.05, 0) is 36.1 Å². The van der Waals surface area contributed by atoms with Gasteiger partial charge in [-0.1, -0.05) is 37.3 Å². The van der Waals surface area contributed by atoms with E-state index in [4.69, 9.17) is 0 Å². The fraction of sp³-hybridized carbons (Fsp3) is 0.381.